The van der Waals surface area contributed by atoms with Crippen LogP contribution in [0, 0.1) is 23.1 Å². The van der Waals surface area contributed by atoms with Crippen LogP contribution in [-0.4, -0.2) is 5.54 Å². The molecule has 0 saturated heterocycles. The molecular formula is C15H19FN2. The molecule has 18 heavy (non-hydrogen) atoms. The Bertz CT molecular complexity index is 435. The number of nitriles is 1. The van der Waals surface area contributed by atoms with E-state index in [1.807, 2.05) is 0 Å². The number of hydrogen-bond donors (Lipinski definition) is 1. The van der Waals surface area contributed by atoms with Gasteiger partial charge in [0.2, 0.25) is 0 Å². The van der Waals surface area contributed by atoms with E-state index in [1.165, 1.54) is 18.6 Å². The Morgan fingerprint density at radius 3 is 2.67 bits per heavy atom. The maximum Gasteiger partial charge on any atom is 0.125 e. The average Bonchev–Trinajstić information content (AvgIpc) is 2.56. The summed E-state index contributed by atoms with van der Waals surface area (Å²) in [4.78, 5) is 0. The molecule has 0 spiro atoms. The Balaban J connectivity index is 2.13. The van der Waals surface area contributed by atoms with Gasteiger partial charge < -0.3 is 5.32 Å². The number of anilines is 1. The van der Waals surface area contributed by atoms with E-state index in [0.29, 0.717) is 5.92 Å². The maximum absolute atomic E-state index is 12.9. The second-order valence-corrected chi connectivity index (χ2v) is 5.36. The fourth-order valence-corrected chi connectivity index (χ4v) is 2.59. The predicted molar refractivity (Wildman–Crippen MR) is 70.6 cm³/mol. The fraction of sp³-hybridized carbons (Fsp3) is 0.533. The minimum atomic E-state index is -0.484. The number of hydrogen-bond acceptors (Lipinski definition) is 2. The summed E-state index contributed by atoms with van der Waals surface area (Å²) in [6.45, 7) is 2.24. The molecule has 0 bridgehead atoms. The molecule has 0 aliphatic heterocycles. The van der Waals surface area contributed by atoms with E-state index in [9.17, 15) is 9.65 Å². The summed E-state index contributed by atoms with van der Waals surface area (Å²) < 4.78 is 12.9. The first-order valence-electron chi connectivity index (χ1n) is 6.58. The molecule has 2 rings (SSSR count). The minimum absolute atomic E-state index is 0.249. The Hall–Kier alpha value is -1.56. The summed E-state index contributed by atoms with van der Waals surface area (Å²) in [5.74, 6) is 0.441. The van der Waals surface area contributed by atoms with Crippen molar-refractivity contribution in [3.63, 3.8) is 0 Å². The molecule has 1 aliphatic rings. The summed E-state index contributed by atoms with van der Waals surface area (Å²) in [5.41, 5.74) is 0.343. The molecule has 3 heteroatoms. The van der Waals surface area contributed by atoms with Gasteiger partial charge in [-0.05, 0) is 55.9 Å². The molecule has 1 aliphatic carbocycles. The third-order valence-corrected chi connectivity index (χ3v) is 3.81. The highest BCUT2D eigenvalue weighted by Gasteiger charge is 2.32. The van der Waals surface area contributed by atoms with Gasteiger partial charge in [0.15, 0.2) is 0 Å². The van der Waals surface area contributed by atoms with E-state index in [1.54, 1.807) is 12.1 Å². The lowest BCUT2D eigenvalue weighted by Gasteiger charge is -2.27. The molecule has 1 fully saturated rings. The molecule has 2 nitrogen and oxygen atoms in total. The lowest BCUT2D eigenvalue weighted by Crippen LogP contribution is -2.36. The predicted octanol–water partition coefficient (Wildman–Crippen LogP) is 4.10. The molecule has 0 radical (unpaired) electrons. The van der Waals surface area contributed by atoms with Gasteiger partial charge in [-0.3, -0.25) is 0 Å². The maximum atomic E-state index is 12.9. The van der Waals surface area contributed by atoms with Crippen molar-refractivity contribution in [3.05, 3.63) is 30.1 Å². The first-order valence-corrected chi connectivity index (χ1v) is 6.58. The van der Waals surface area contributed by atoms with Crippen LogP contribution < -0.4 is 5.32 Å². The van der Waals surface area contributed by atoms with E-state index in [2.05, 4.69) is 18.3 Å². The second-order valence-electron chi connectivity index (χ2n) is 5.36. The normalized spacial score (nSPS) is 28.2. The zero-order chi connectivity index (χ0) is 13.0. The summed E-state index contributed by atoms with van der Waals surface area (Å²) in [6.07, 6.45) is 5.06. The van der Waals surface area contributed by atoms with Crippen LogP contribution in [0.1, 0.15) is 39.0 Å². The van der Waals surface area contributed by atoms with Crippen LogP contribution >= 0.6 is 0 Å². The van der Waals surface area contributed by atoms with Crippen molar-refractivity contribution in [1.29, 1.82) is 5.26 Å². The van der Waals surface area contributed by atoms with Gasteiger partial charge >= 0.3 is 0 Å². The van der Waals surface area contributed by atoms with Gasteiger partial charge in [-0.25, -0.2) is 4.39 Å². The molecule has 96 valence electrons. The Morgan fingerprint density at radius 2 is 2.00 bits per heavy atom. The van der Waals surface area contributed by atoms with Crippen LogP contribution in [0.4, 0.5) is 10.1 Å². The lowest BCUT2D eigenvalue weighted by molar-refractivity contribution is 0.479. The Labute approximate surface area is 108 Å². The second kappa shape index (κ2) is 5.39. The third-order valence-electron chi connectivity index (χ3n) is 3.81. The molecule has 0 aromatic heterocycles. The lowest BCUT2D eigenvalue weighted by atomic mass is 9.91. The number of nitrogens with zero attached hydrogens (tertiary/aromatic N) is 1. The fourth-order valence-electron chi connectivity index (χ4n) is 2.59. The molecule has 1 N–H and O–H groups in total. The average molecular weight is 246 g/mol. The Kier molecular flexibility index (Phi) is 3.86. The Morgan fingerprint density at radius 1 is 1.28 bits per heavy atom. The van der Waals surface area contributed by atoms with Gasteiger partial charge in [0.25, 0.3) is 0 Å². The van der Waals surface area contributed by atoms with Crippen LogP contribution in [0.5, 0.6) is 0 Å². The quantitative estimate of drug-likeness (QED) is 0.797. The van der Waals surface area contributed by atoms with Gasteiger partial charge in [-0.1, -0.05) is 13.3 Å². The number of benzene rings is 1. The zero-order valence-corrected chi connectivity index (χ0v) is 10.7. The highest BCUT2D eigenvalue weighted by Crippen LogP contribution is 2.32. The molecule has 2 atom stereocenters. The van der Waals surface area contributed by atoms with Gasteiger partial charge in [0.1, 0.15) is 11.4 Å². The zero-order valence-electron chi connectivity index (χ0n) is 10.7. The molecule has 1 saturated carbocycles. The van der Waals surface area contributed by atoms with Crippen molar-refractivity contribution in [2.24, 2.45) is 5.92 Å². The van der Waals surface area contributed by atoms with Crippen LogP contribution in [0.15, 0.2) is 24.3 Å². The number of nitrogens with one attached hydrogen (secondary N) is 1. The van der Waals surface area contributed by atoms with Crippen LogP contribution in [-0.2, 0) is 0 Å². The summed E-state index contributed by atoms with van der Waals surface area (Å²) in [5, 5.41) is 12.8. The summed E-state index contributed by atoms with van der Waals surface area (Å²) >= 11 is 0. The number of halogens is 1. The molecule has 0 amide bonds. The van der Waals surface area contributed by atoms with Crippen molar-refractivity contribution in [3.8, 4) is 6.07 Å². The number of rotatable bonds is 2. The summed E-state index contributed by atoms with van der Waals surface area (Å²) in [7, 11) is 0. The minimum Gasteiger partial charge on any atom is -0.367 e. The molecule has 1 aromatic carbocycles. The molecule has 2 unspecified atom stereocenters. The third kappa shape index (κ3) is 3.01. The molecular weight excluding hydrogens is 227 g/mol. The van der Waals surface area contributed by atoms with Crippen LogP contribution in [0.25, 0.3) is 0 Å². The van der Waals surface area contributed by atoms with Gasteiger partial charge in [-0.2, -0.15) is 5.26 Å². The van der Waals surface area contributed by atoms with E-state index >= 15 is 0 Å². The largest absolute Gasteiger partial charge is 0.367 e. The molecule has 1 aromatic rings. The van der Waals surface area contributed by atoms with Crippen molar-refractivity contribution < 1.29 is 4.39 Å². The van der Waals surface area contributed by atoms with Crippen molar-refractivity contribution >= 4 is 5.69 Å². The van der Waals surface area contributed by atoms with Crippen LogP contribution in [0.3, 0.4) is 0 Å². The van der Waals surface area contributed by atoms with E-state index in [4.69, 9.17) is 0 Å². The van der Waals surface area contributed by atoms with E-state index in [0.717, 1.165) is 31.4 Å². The highest BCUT2D eigenvalue weighted by molar-refractivity contribution is 5.47. The molecule has 0 heterocycles. The van der Waals surface area contributed by atoms with Crippen LogP contribution in [0.2, 0.25) is 0 Å². The van der Waals surface area contributed by atoms with E-state index in [-0.39, 0.29) is 5.82 Å². The SMILES string of the molecule is CC1CCCC(C#N)(Nc2ccc(F)cc2)CC1. The van der Waals surface area contributed by atoms with E-state index < -0.39 is 5.54 Å². The van der Waals surface area contributed by atoms with Gasteiger partial charge in [-0.15, -0.1) is 0 Å². The van der Waals surface area contributed by atoms with Crippen molar-refractivity contribution in [1.82, 2.24) is 0 Å². The monoisotopic (exact) mass is 246 g/mol. The topological polar surface area (TPSA) is 35.8 Å². The standard InChI is InChI=1S/C15H19FN2/c1-12-3-2-9-15(11-17,10-8-12)18-14-6-4-13(16)5-7-14/h4-7,12,18H,2-3,8-10H2,1H3. The van der Waals surface area contributed by atoms with Crippen molar-refractivity contribution in [2.75, 3.05) is 5.32 Å². The smallest absolute Gasteiger partial charge is 0.125 e. The first-order chi connectivity index (χ1) is 8.63. The van der Waals surface area contributed by atoms with Gasteiger partial charge in [0, 0.05) is 5.69 Å². The first kappa shape index (κ1) is 12.9. The summed E-state index contributed by atoms with van der Waals surface area (Å²) in [6, 6.07) is 8.68. The highest BCUT2D eigenvalue weighted by atomic mass is 19.1. The van der Waals surface area contributed by atoms with Crippen molar-refractivity contribution in [2.45, 2.75) is 44.6 Å². The van der Waals surface area contributed by atoms with Gasteiger partial charge in [0.05, 0.1) is 6.07 Å².